The molecule has 1 amide bonds. The summed E-state index contributed by atoms with van der Waals surface area (Å²) in [6.07, 6.45) is 1.21. The van der Waals surface area contributed by atoms with Gasteiger partial charge in [-0.05, 0) is 17.9 Å². The van der Waals surface area contributed by atoms with Gasteiger partial charge < -0.3 is 15.4 Å². The second kappa shape index (κ2) is 7.46. The van der Waals surface area contributed by atoms with Crippen molar-refractivity contribution in [1.29, 1.82) is 0 Å². The predicted octanol–water partition coefficient (Wildman–Crippen LogP) is 2.81. The van der Waals surface area contributed by atoms with Gasteiger partial charge in [-0.25, -0.2) is 0 Å². The summed E-state index contributed by atoms with van der Waals surface area (Å²) in [7, 11) is 3.44. The summed E-state index contributed by atoms with van der Waals surface area (Å²) in [5, 5.41) is 0. The Bertz CT molecular complexity index is 466. The van der Waals surface area contributed by atoms with Gasteiger partial charge in [-0.15, -0.1) is 0 Å². The molecule has 0 saturated heterocycles. The van der Waals surface area contributed by atoms with Gasteiger partial charge in [-0.1, -0.05) is 39.0 Å². The van der Waals surface area contributed by atoms with Gasteiger partial charge >= 0.3 is 0 Å². The highest BCUT2D eigenvalue weighted by molar-refractivity contribution is 5.76. The van der Waals surface area contributed by atoms with Crippen molar-refractivity contribution in [2.45, 2.75) is 46.2 Å². The van der Waals surface area contributed by atoms with Gasteiger partial charge in [0.2, 0.25) is 5.91 Å². The summed E-state index contributed by atoms with van der Waals surface area (Å²) >= 11 is 0. The minimum atomic E-state index is -0.0994. The highest BCUT2D eigenvalue weighted by Gasteiger charge is 2.20. The average molecular weight is 292 g/mol. The molecule has 0 radical (unpaired) electrons. The Morgan fingerprint density at radius 3 is 2.52 bits per heavy atom. The highest BCUT2D eigenvalue weighted by atomic mass is 16.5. The average Bonchev–Trinajstić information content (AvgIpc) is 2.36. The van der Waals surface area contributed by atoms with Crippen molar-refractivity contribution < 1.29 is 9.53 Å². The Labute approximate surface area is 128 Å². The van der Waals surface area contributed by atoms with Gasteiger partial charge in [0.05, 0.1) is 7.11 Å². The fourth-order valence-corrected chi connectivity index (χ4v) is 2.42. The lowest BCUT2D eigenvalue weighted by atomic mass is 9.87. The summed E-state index contributed by atoms with van der Waals surface area (Å²) in [6, 6.07) is 7.64. The molecule has 0 heterocycles. The van der Waals surface area contributed by atoms with Crippen molar-refractivity contribution in [3.63, 3.8) is 0 Å². The van der Waals surface area contributed by atoms with Crippen LogP contribution in [-0.4, -0.2) is 31.0 Å². The fraction of sp³-hybridized carbons (Fsp3) is 0.588. The summed E-state index contributed by atoms with van der Waals surface area (Å²) in [4.78, 5) is 14.0. The lowest BCUT2D eigenvalue weighted by Gasteiger charge is -2.25. The molecule has 1 rings (SSSR count). The number of methoxy groups -OCH3 is 1. The second-order valence-corrected chi connectivity index (χ2v) is 6.79. The third-order valence-corrected chi connectivity index (χ3v) is 3.34. The number of carbonyl (C=O) groups excluding carboxylic acids is 1. The summed E-state index contributed by atoms with van der Waals surface area (Å²) in [5.41, 5.74) is 7.22. The molecule has 0 aromatic heterocycles. The lowest BCUT2D eigenvalue weighted by Crippen LogP contribution is -2.35. The van der Waals surface area contributed by atoms with Gasteiger partial charge in [0.1, 0.15) is 5.75 Å². The van der Waals surface area contributed by atoms with E-state index in [0.29, 0.717) is 13.0 Å². The van der Waals surface area contributed by atoms with Gasteiger partial charge in [0.15, 0.2) is 0 Å². The van der Waals surface area contributed by atoms with E-state index in [2.05, 4.69) is 20.8 Å². The van der Waals surface area contributed by atoms with Crippen LogP contribution in [0.2, 0.25) is 0 Å². The molecule has 118 valence electrons. The third kappa shape index (κ3) is 6.17. The minimum absolute atomic E-state index is 0.0673. The van der Waals surface area contributed by atoms with Crippen molar-refractivity contribution >= 4 is 5.91 Å². The maximum absolute atomic E-state index is 12.2. The molecule has 0 aliphatic rings. The minimum Gasteiger partial charge on any atom is -0.496 e. The molecule has 1 aromatic rings. The van der Waals surface area contributed by atoms with E-state index >= 15 is 0 Å². The summed E-state index contributed by atoms with van der Waals surface area (Å²) < 4.78 is 5.31. The number of amides is 1. The topological polar surface area (TPSA) is 55.6 Å². The highest BCUT2D eigenvalue weighted by Crippen LogP contribution is 2.22. The Kier molecular flexibility index (Phi) is 6.21. The molecule has 0 aliphatic carbocycles. The van der Waals surface area contributed by atoms with Gasteiger partial charge in [0, 0.05) is 31.6 Å². The zero-order valence-electron chi connectivity index (χ0n) is 13.8. The monoisotopic (exact) mass is 292 g/mol. The van der Waals surface area contributed by atoms with Gasteiger partial charge in [-0.2, -0.15) is 0 Å². The first kappa shape index (κ1) is 17.5. The molecule has 0 fully saturated rings. The molecule has 21 heavy (non-hydrogen) atoms. The van der Waals surface area contributed by atoms with Crippen molar-refractivity contribution in [3.8, 4) is 5.75 Å². The third-order valence-electron chi connectivity index (χ3n) is 3.34. The largest absolute Gasteiger partial charge is 0.496 e. The van der Waals surface area contributed by atoms with E-state index in [9.17, 15) is 4.79 Å². The Hall–Kier alpha value is -1.55. The van der Waals surface area contributed by atoms with Crippen LogP contribution in [0.25, 0.3) is 0 Å². The molecule has 1 unspecified atom stereocenters. The summed E-state index contributed by atoms with van der Waals surface area (Å²) in [5.74, 6) is 0.869. The van der Waals surface area contributed by atoms with Gasteiger partial charge in [-0.3, -0.25) is 4.79 Å². The molecule has 0 saturated carbocycles. The standard InChI is InChI=1S/C17H28N2O2/c1-17(2,3)11-14(18)10-16(20)19(4)12-13-8-6-7-9-15(13)21-5/h6-9,14H,10-12,18H2,1-5H3. The van der Waals surface area contributed by atoms with Crippen molar-refractivity contribution in [2.24, 2.45) is 11.1 Å². The molecule has 1 atom stereocenters. The lowest BCUT2D eigenvalue weighted by molar-refractivity contribution is -0.130. The van der Waals surface area contributed by atoms with Crippen LogP contribution >= 0.6 is 0 Å². The number of benzene rings is 1. The number of para-hydroxylation sites is 1. The number of ether oxygens (including phenoxy) is 1. The number of nitrogens with zero attached hydrogens (tertiary/aromatic N) is 1. The molecule has 0 bridgehead atoms. The molecular weight excluding hydrogens is 264 g/mol. The number of rotatable bonds is 6. The predicted molar refractivity (Wildman–Crippen MR) is 86.1 cm³/mol. The van der Waals surface area contributed by atoms with E-state index in [1.165, 1.54) is 0 Å². The van der Waals surface area contributed by atoms with Crippen LogP contribution in [-0.2, 0) is 11.3 Å². The van der Waals surface area contributed by atoms with E-state index < -0.39 is 0 Å². The van der Waals surface area contributed by atoms with Crippen LogP contribution in [0.1, 0.15) is 39.2 Å². The van der Waals surface area contributed by atoms with Crippen LogP contribution in [0, 0.1) is 5.41 Å². The Morgan fingerprint density at radius 2 is 1.95 bits per heavy atom. The first-order valence-corrected chi connectivity index (χ1v) is 7.34. The fourth-order valence-electron chi connectivity index (χ4n) is 2.42. The second-order valence-electron chi connectivity index (χ2n) is 6.79. The summed E-state index contributed by atoms with van der Waals surface area (Å²) in [6.45, 7) is 6.94. The molecule has 2 N–H and O–H groups in total. The zero-order chi connectivity index (χ0) is 16.0. The molecule has 0 spiro atoms. The van der Waals surface area contributed by atoms with Crippen LogP contribution in [0.5, 0.6) is 5.75 Å². The van der Waals surface area contributed by atoms with E-state index in [-0.39, 0.29) is 17.4 Å². The molecule has 1 aromatic carbocycles. The maximum atomic E-state index is 12.2. The molecule has 4 heteroatoms. The molecular formula is C17H28N2O2. The zero-order valence-corrected chi connectivity index (χ0v) is 13.8. The van der Waals surface area contributed by atoms with Crippen LogP contribution in [0.15, 0.2) is 24.3 Å². The molecule has 0 aliphatic heterocycles. The van der Waals surface area contributed by atoms with E-state index in [0.717, 1.165) is 17.7 Å². The van der Waals surface area contributed by atoms with E-state index in [1.807, 2.05) is 24.3 Å². The maximum Gasteiger partial charge on any atom is 0.224 e. The molecule has 4 nitrogen and oxygen atoms in total. The number of hydrogen-bond donors (Lipinski definition) is 1. The SMILES string of the molecule is COc1ccccc1CN(C)C(=O)CC(N)CC(C)(C)C. The van der Waals surface area contributed by atoms with Crippen LogP contribution in [0.4, 0.5) is 0 Å². The Morgan fingerprint density at radius 1 is 1.33 bits per heavy atom. The smallest absolute Gasteiger partial charge is 0.224 e. The van der Waals surface area contributed by atoms with Crippen LogP contribution < -0.4 is 10.5 Å². The quantitative estimate of drug-likeness (QED) is 0.877. The van der Waals surface area contributed by atoms with Crippen molar-refractivity contribution in [3.05, 3.63) is 29.8 Å². The Balaban J connectivity index is 2.59. The van der Waals surface area contributed by atoms with E-state index in [1.54, 1.807) is 19.1 Å². The van der Waals surface area contributed by atoms with Gasteiger partial charge in [0.25, 0.3) is 0 Å². The number of hydrogen-bond acceptors (Lipinski definition) is 3. The van der Waals surface area contributed by atoms with E-state index in [4.69, 9.17) is 10.5 Å². The first-order chi connectivity index (χ1) is 9.73. The normalized spacial score (nSPS) is 12.9. The number of nitrogens with two attached hydrogens (primary N) is 1. The van der Waals surface area contributed by atoms with Crippen molar-refractivity contribution in [1.82, 2.24) is 4.90 Å². The first-order valence-electron chi connectivity index (χ1n) is 7.34. The number of carbonyl (C=O) groups is 1. The van der Waals surface area contributed by atoms with Crippen molar-refractivity contribution in [2.75, 3.05) is 14.2 Å². The van der Waals surface area contributed by atoms with Crippen LogP contribution in [0.3, 0.4) is 0 Å².